The van der Waals surface area contributed by atoms with Gasteiger partial charge in [-0.2, -0.15) is 0 Å². The quantitative estimate of drug-likeness (QED) is 0.365. The number of fused-ring (bicyclic) bond motifs is 2. The molecule has 7 heteroatoms. The van der Waals surface area contributed by atoms with Crippen LogP contribution in [0.1, 0.15) is 6.92 Å². The molecule has 0 radical (unpaired) electrons. The Labute approximate surface area is 164 Å². The van der Waals surface area contributed by atoms with Gasteiger partial charge in [-0.3, -0.25) is 4.40 Å². The van der Waals surface area contributed by atoms with Crippen LogP contribution in [-0.2, 0) is 0 Å². The van der Waals surface area contributed by atoms with Crippen molar-refractivity contribution in [3.05, 3.63) is 54.7 Å². The van der Waals surface area contributed by atoms with E-state index >= 15 is 0 Å². The highest BCUT2D eigenvalue weighted by atomic mass is 127. The molecule has 0 aliphatic heterocycles. The second-order valence-corrected chi connectivity index (χ2v) is 7.65. The second-order valence-electron chi connectivity index (χ2n) is 6.05. The fraction of sp³-hybridized carbons (Fsp3) is 0.211. The number of hydrogen-bond donors (Lipinski definition) is 1. The summed E-state index contributed by atoms with van der Waals surface area (Å²) >= 11 is 2.31. The van der Waals surface area contributed by atoms with Gasteiger partial charge in [0.15, 0.2) is 11.5 Å². The summed E-state index contributed by atoms with van der Waals surface area (Å²) in [7, 11) is 0. The molecule has 1 unspecified atom stereocenters. The van der Waals surface area contributed by atoms with Crippen molar-refractivity contribution < 1.29 is 4.74 Å². The number of hydrogen-bond acceptors (Lipinski definition) is 5. The van der Waals surface area contributed by atoms with Crippen molar-refractivity contribution in [3.8, 4) is 17.3 Å². The van der Waals surface area contributed by atoms with Crippen molar-refractivity contribution in [2.24, 2.45) is 5.73 Å². The summed E-state index contributed by atoms with van der Waals surface area (Å²) in [6.07, 6.45) is 1.92. The normalized spacial score (nSPS) is 13.8. The highest BCUT2D eigenvalue weighted by Gasteiger charge is 2.17. The van der Waals surface area contributed by atoms with Crippen LogP contribution in [0.25, 0.3) is 28.1 Å². The number of rotatable bonds is 5. The fourth-order valence-electron chi connectivity index (χ4n) is 2.82. The summed E-state index contributed by atoms with van der Waals surface area (Å²) in [6, 6.07) is 15.7. The molecule has 0 aliphatic carbocycles. The molecule has 2 N–H and O–H groups in total. The number of pyridine rings is 2. The van der Waals surface area contributed by atoms with E-state index in [0.29, 0.717) is 12.4 Å². The zero-order valence-electron chi connectivity index (χ0n) is 14.2. The topological polar surface area (TPSA) is 78.3 Å². The van der Waals surface area contributed by atoms with Crippen molar-refractivity contribution in [2.75, 3.05) is 6.54 Å². The van der Waals surface area contributed by atoms with Gasteiger partial charge in [-0.1, -0.05) is 46.9 Å². The average molecular weight is 459 g/mol. The molecule has 0 saturated heterocycles. The fourth-order valence-corrected chi connectivity index (χ4v) is 2.97. The highest BCUT2D eigenvalue weighted by Crippen LogP contribution is 2.28. The maximum absolute atomic E-state index is 6.15. The number of para-hydroxylation sites is 1. The maximum Gasteiger partial charge on any atom is 0.187 e. The molecule has 0 spiro atoms. The first-order valence-electron chi connectivity index (χ1n) is 8.38. The summed E-state index contributed by atoms with van der Waals surface area (Å²) in [4.78, 5) is 4.82. The van der Waals surface area contributed by atoms with E-state index in [-0.39, 0.29) is 10.0 Å². The van der Waals surface area contributed by atoms with E-state index in [4.69, 9.17) is 15.5 Å². The van der Waals surface area contributed by atoms with Gasteiger partial charge in [-0.15, -0.1) is 10.2 Å². The standard InChI is InChI=1S/C19H18IN5O/c1-12(14(20)11-21)26-16-6-4-5-13-8-9-15(22-18(13)16)19-24-23-17-7-2-3-10-25(17)19/h2-10,12,14H,11,21H2,1H3/t12?,14-/m1/s1. The first-order valence-corrected chi connectivity index (χ1v) is 9.62. The second kappa shape index (κ2) is 7.16. The maximum atomic E-state index is 6.15. The summed E-state index contributed by atoms with van der Waals surface area (Å²) in [5, 5.41) is 9.52. The Kier molecular flexibility index (Phi) is 4.73. The molecular weight excluding hydrogens is 441 g/mol. The average Bonchev–Trinajstić information content (AvgIpc) is 3.11. The minimum absolute atomic E-state index is 0.00872. The summed E-state index contributed by atoms with van der Waals surface area (Å²) in [5.41, 5.74) is 8.11. The number of aromatic nitrogens is 4. The third-order valence-electron chi connectivity index (χ3n) is 4.27. The Morgan fingerprint density at radius 3 is 2.85 bits per heavy atom. The molecule has 132 valence electrons. The van der Waals surface area contributed by atoms with Crippen LogP contribution in [0.15, 0.2) is 54.7 Å². The zero-order valence-corrected chi connectivity index (χ0v) is 16.4. The van der Waals surface area contributed by atoms with Gasteiger partial charge in [0, 0.05) is 18.1 Å². The van der Waals surface area contributed by atoms with E-state index in [1.807, 2.05) is 66.1 Å². The Balaban J connectivity index is 1.80. The zero-order chi connectivity index (χ0) is 18.1. The van der Waals surface area contributed by atoms with Crippen LogP contribution in [0.4, 0.5) is 0 Å². The van der Waals surface area contributed by atoms with Crippen LogP contribution in [-0.4, -0.2) is 36.2 Å². The lowest BCUT2D eigenvalue weighted by Gasteiger charge is -2.19. The number of ether oxygens (including phenoxy) is 1. The molecule has 0 fully saturated rings. The Morgan fingerprint density at radius 2 is 2.00 bits per heavy atom. The van der Waals surface area contributed by atoms with Crippen molar-refractivity contribution in [1.29, 1.82) is 0 Å². The van der Waals surface area contributed by atoms with Gasteiger partial charge in [0.2, 0.25) is 0 Å². The third-order valence-corrected chi connectivity index (χ3v) is 5.79. The molecular formula is C19H18IN5O. The van der Waals surface area contributed by atoms with Crippen molar-refractivity contribution in [1.82, 2.24) is 19.6 Å². The Hall–Kier alpha value is -2.26. The number of halogens is 1. The van der Waals surface area contributed by atoms with Gasteiger partial charge >= 0.3 is 0 Å². The van der Waals surface area contributed by atoms with Gasteiger partial charge in [-0.05, 0) is 31.2 Å². The molecule has 0 aliphatic rings. The number of alkyl halides is 1. The van der Waals surface area contributed by atoms with E-state index in [1.165, 1.54) is 0 Å². The molecule has 0 bridgehead atoms. The molecule has 6 nitrogen and oxygen atoms in total. The lowest BCUT2D eigenvalue weighted by atomic mass is 10.1. The van der Waals surface area contributed by atoms with Crippen LogP contribution in [0.2, 0.25) is 0 Å². The van der Waals surface area contributed by atoms with E-state index in [2.05, 4.69) is 32.8 Å². The smallest absolute Gasteiger partial charge is 0.187 e. The van der Waals surface area contributed by atoms with Crippen LogP contribution in [0, 0.1) is 0 Å². The van der Waals surface area contributed by atoms with Gasteiger partial charge in [0.05, 0.1) is 3.92 Å². The third kappa shape index (κ3) is 3.12. The van der Waals surface area contributed by atoms with E-state index in [0.717, 1.165) is 28.0 Å². The molecule has 3 heterocycles. The Bertz CT molecular complexity index is 1060. The Morgan fingerprint density at radius 1 is 1.12 bits per heavy atom. The van der Waals surface area contributed by atoms with Crippen molar-refractivity contribution in [2.45, 2.75) is 17.0 Å². The van der Waals surface area contributed by atoms with Gasteiger partial charge in [0.25, 0.3) is 0 Å². The monoisotopic (exact) mass is 459 g/mol. The summed E-state index contributed by atoms with van der Waals surface area (Å²) in [5.74, 6) is 1.46. The van der Waals surface area contributed by atoms with Crippen LogP contribution >= 0.6 is 22.6 Å². The van der Waals surface area contributed by atoms with Crippen molar-refractivity contribution in [3.63, 3.8) is 0 Å². The van der Waals surface area contributed by atoms with Gasteiger partial charge < -0.3 is 10.5 Å². The molecule has 0 saturated carbocycles. The minimum Gasteiger partial charge on any atom is -0.487 e. The minimum atomic E-state index is -0.00872. The van der Waals surface area contributed by atoms with Crippen LogP contribution < -0.4 is 10.5 Å². The van der Waals surface area contributed by atoms with E-state index in [1.54, 1.807) is 0 Å². The summed E-state index contributed by atoms with van der Waals surface area (Å²) in [6.45, 7) is 2.59. The molecule has 26 heavy (non-hydrogen) atoms. The molecule has 3 aromatic heterocycles. The largest absolute Gasteiger partial charge is 0.487 e. The van der Waals surface area contributed by atoms with Gasteiger partial charge in [0.1, 0.15) is 23.1 Å². The lowest BCUT2D eigenvalue weighted by Crippen LogP contribution is -2.30. The first-order chi connectivity index (χ1) is 12.7. The van der Waals surface area contributed by atoms with Crippen molar-refractivity contribution >= 4 is 39.1 Å². The number of nitrogens with two attached hydrogens (primary N) is 1. The van der Waals surface area contributed by atoms with E-state index in [9.17, 15) is 0 Å². The van der Waals surface area contributed by atoms with Gasteiger partial charge in [-0.25, -0.2) is 4.98 Å². The molecule has 4 rings (SSSR count). The molecule has 1 aromatic carbocycles. The molecule has 2 atom stereocenters. The number of benzene rings is 1. The molecule has 4 aromatic rings. The van der Waals surface area contributed by atoms with Crippen LogP contribution in [0.5, 0.6) is 5.75 Å². The predicted molar refractivity (Wildman–Crippen MR) is 111 cm³/mol. The van der Waals surface area contributed by atoms with Crippen LogP contribution in [0.3, 0.4) is 0 Å². The number of nitrogens with zero attached hydrogens (tertiary/aromatic N) is 4. The predicted octanol–water partition coefficient (Wildman–Crippen LogP) is 3.47. The SMILES string of the molecule is CC(Oc1cccc2ccc(-c3nnc4ccccn34)nc12)[C@H](I)CN. The summed E-state index contributed by atoms with van der Waals surface area (Å²) < 4.78 is 8.30. The highest BCUT2D eigenvalue weighted by molar-refractivity contribution is 14.1. The first kappa shape index (κ1) is 17.2. The lowest BCUT2D eigenvalue weighted by molar-refractivity contribution is 0.227. The molecule has 0 amide bonds. The van der Waals surface area contributed by atoms with E-state index < -0.39 is 0 Å².